The van der Waals surface area contributed by atoms with Gasteiger partial charge in [-0.1, -0.05) is 76.9 Å². The van der Waals surface area contributed by atoms with E-state index in [0.29, 0.717) is 15.2 Å². The van der Waals surface area contributed by atoms with Gasteiger partial charge in [0.05, 0.1) is 7.11 Å². The number of carbonyl (C=O) groups is 1. The molecule has 0 fully saturated rings. The molecule has 2 atom stereocenters. The molecule has 3 rings (SSSR count). The van der Waals surface area contributed by atoms with Crippen LogP contribution in [0.1, 0.15) is 60.2 Å². The molecule has 0 radical (unpaired) electrons. The Morgan fingerprint density at radius 1 is 1.00 bits per heavy atom. The monoisotopic (exact) mass is 448 g/mol. The second kappa shape index (κ2) is 11.3. The van der Waals surface area contributed by atoms with Crippen LogP contribution in [0.25, 0.3) is 0 Å². The molecule has 3 aromatic rings. The highest BCUT2D eigenvalue weighted by atomic mass is 31.1. The predicted molar refractivity (Wildman–Crippen MR) is 135 cm³/mol. The predicted octanol–water partition coefficient (Wildman–Crippen LogP) is 6.80. The summed E-state index contributed by atoms with van der Waals surface area (Å²) in [7, 11) is 2.15. The molecule has 0 aliphatic heterocycles. The van der Waals surface area contributed by atoms with Crippen LogP contribution in [0.3, 0.4) is 0 Å². The van der Waals surface area contributed by atoms with Gasteiger partial charge in [0.1, 0.15) is 18.1 Å². The molecular formula is C28H33O3P. The molecule has 0 amide bonds. The Balaban J connectivity index is 2.06. The number of benzene rings is 3. The van der Waals surface area contributed by atoms with E-state index in [9.17, 15) is 4.79 Å². The Bertz CT molecular complexity index is 1030. The molecule has 2 unspecified atom stereocenters. The van der Waals surface area contributed by atoms with Crippen LogP contribution in [0.15, 0.2) is 66.7 Å². The molecule has 4 heteroatoms. The van der Waals surface area contributed by atoms with E-state index in [2.05, 4.69) is 44.2 Å². The lowest BCUT2D eigenvalue weighted by atomic mass is 9.89. The van der Waals surface area contributed by atoms with E-state index < -0.39 is 0 Å². The molecule has 0 spiro atoms. The van der Waals surface area contributed by atoms with Crippen LogP contribution in [0, 0.1) is 6.92 Å². The largest absolute Gasteiger partial charge is 0.497 e. The third-order valence-electron chi connectivity index (χ3n) is 5.93. The van der Waals surface area contributed by atoms with Crippen molar-refractivity contribution in [2.45, 2.75) is 51.8 Å². The van der Waals surface area contributed by atoms with Gasteiger partial charge in [-0.05, 0) is 54.9 Å². The van der Waals surface area contributed by atoms with Crippen LogP contribution in [0.5, 0.6) is 11.5 Å². The molecule has 32 heavy (non-hydrogen) atoms. The normalized spacial score (nSPS) is 13.1. The molecule has 0 aliphatic carbocycles. The molecule has 0 N–H and O–H groups in total. The van der Waals surface area contributed by atoms with Crippen molar-refractivity contribution in [3.8, 4) is 11.5 Å². The summed E-state index contributed by atoms with van der Waals surface area (Å²) in [6.45, 7) is 6.99. The second-order valence-corrected chi connectivity index (χ2v) is 9.90. The molecule has 3 aromatic carbocycles. The zero-order valence-electron chi connectivity index (χ0n) is 19.5. The minimum atomic E-state index is -0.137. The Labute approximate surface area is 193 Å². The van der Waals surface area contributed by atoms with Gasteiger partial charge in [0.25, 0.3) is 0 Å². The Hall–Kier alpha value is -2.64. The molecule has 168 valence electrons. The molecule has 0 aromatic heterocycles. The minimum absolute atomic E-state index is 0.137. The van der Waals surface area contributed by atoms with E-state index in [0.717, 1.165) is 64.6 Å². The van der Waals surface area contributed by atoms with E-state index in [1.54, 1.807) is 7.11 Å². The summed E-state index contributed by atoms with van der Waals surface area (Å²) in [6, 6.07) is 22.5. The first-order valence-electron chi connectivity index (χ1n) is 11.2. The SMILES string of the molecule is CCCC(CC)(Pc1ccc(C)cc1C=O)c1cc(OC)ccc1OCc1ccccc1. The molecule has 0 saturated heterocycles. The van der Waals surface area contributed by atoms with Gasteiger partial charge in [-0.25, -0.2) is 0 Å². The van der Waals surface area contributed by atoms with Crippen LogP contribution in [-0.2, 0) is 11.8 Å². The Morgan fingerprint density at radius 2 is 1.78 bits per heavy atom. The maximum atomic E-state index is 11.8. The summed E-state index contributed by atoms with van der Waals surface area (Å²) in [5.74, 6) is 1.71. The van der Waals surface area contributed by atoms with Gasteiger partial charge in [-0.3, -0.25) is 4.79 Å². The number of carbonyl (C=O) groups excluding carboxylic acids is 1. The van der Waals surface area contributed by atoms with Crippen LogP contribution < -0.4 is 14.8 Å². The maximum absolute atomic E-state index is 11.8. The second-order valence-electron chi connectivity index (χ2n) is 8.16. The first-order chi connectivity index (χ1) is 15.5. The smallest absolute Gasteiger partial charge is 0.150 e. The van der Waals surface area contributed by atoms with Crippen molar-refractivity contribution in [3.63, 3.8) is 0 Å². The summed E-state index contributed by atoms with van der Waals surface area (Å²) in [5, 5.41) is 0.972. The van der Waals surface area contributed by atoms with Crippen LogP contribution in [0.4, 0.5) is 0 Å². The van der Waals surface area contributed by atoms with Crippen molar-refractivity contribution in [2.24, 2.45) is 0 Å². The van der Waals surface area contributed by atoms with Crippen molar-refractivity contribution in [1.29, 1.82) is 0 Å². The highest BCUT2D eigenvalue weighted by Crippen LogP contribution is 2.52. The first-order valence-corrected chi connectivity index (χ1v) is 12.2. The lowest BCUT2D eigenvalue weighted by Gasteiger charge is -2.35. The van der Waals surface area contributed by atoms with E-state index in [1.807, 2.05) is 43.3 Å². The number of methoxy groups -OCH3 is 1. The van der Waals surface area contributed by atoms with Gasteiger partial charge in [-0.2, -0.15) is 0 Å². The van der Waals surface area contributed by atoms with Crippen molar-refractivity contribution in [2.75, 3.05) is 7.11 Å². The Kier molecular flexibility index (Phi) is 8.47. The first kappa shape index (κ1) is 24.0. The number of ether oxygens (including phenoxy) is 2. The number of rotatable bonds is 11. The van der Waals surface area contributed by atoms with E-state index in [-0.39, 0.29) is 5.16 Å². The summed E-state index contributed by atoms with van der Waals surface area (Å²) < 4.78 is 12.0. The number of hydrogen-bond donors (Lipinski definition) is 0. The van der Waals surface area contributed by atoms with Gasteiger partial charge in [-0.15, -0.1) is 0 Å². The van der Waals surface area contributed by atoms with Crippen LogP contribution >= 0.6 is 8.58 Å². The lowest BCUT2D eigenvalue weighted by Crippen LogP contribution is -2.25. The van der Waals surface area contributed by atoms with Crippen LogP contribution in [0.2, 0.25) is 0 Å². The molecule has 3 nitrogen and oxygen atoms in total. The van der Waals surface area contributed by atoms with Crippen LogP contribution in [-0.4, -0.2) is 13.4 Å². The summed E-state index contributed by atoms with van der Waals surface area (Å²) in [5.41, 5.74) is 4.18. The summed E-state index contributed by atoms with van der Waals surface area (Å²) >= 11 is 0. The van der Waals surface area contributed by atoms with Gasteiger partial charge in [0.2, 0.25) is 0 Å². The van der Waals surface area contributed by atoms with Gasteiger partial charge in [0.15, 0.2) is 6.29 Å². The minimum Gasteiger partial charge on any atom is -0.497 e. The molecule has 0 heterocycles. The van der Waals surface area contributed by atoms with Crippen molar-refractivity contribution in [1.82, 2.24) is 0 Å². The van der Waals surface area contributed by atoms with Crippen molar-refractivity contribution in [3.05, 3.63) is 89.0 Å². The summed E-state index contributed by atoms with van der Waals surface area (Å²) in [6.07, 6.45) is 3.97. The third-order valence-corrected chi connectivity index (χ3v) is 8.00. The fourth-order valence-corrected chi connectivity index (χ4v) is 6.01. The third kappa shape index (κ3) is 5.58. The quantitative estimate of drug-likeness (QED) is 0.239. The van der Waals surface area contributed by atoms with Crippen molar-refractivity contribution < 1.29 is 14.3 Å². The van der Waals surface area contributed by atoms with E-state index >= 15 is 0 Å². The zero-order chi connectivity index (χ0) is 23.0. The van der Waals surface area contributed by atoms with Gasteiger partial charge in [0, 0.05) is 16.3 Å². The highest BCUT2D eigenvalue weighted by molar-refractivity contribution is 7.48. The van der Waals surface area contributed by atoms with E-state index in [4.69, 9.17) is 9.47 Å². The lowest BCUT2D eigenvalue weighted by molar-refractivity contribution is 0.112. The molecule has 0 aliphatic rings. The topological polar surface area (TPSA) is 35.5 Å². The maximum Gasteiger partial charge on any atom is 0.150 e. The number of aryl methyl sites for hydroxylation is 1. The average Bonchev–Trinajstić information content (AvgIpc) is 2.84. The molecular weight excluding hydrogens is 415 g/mol. The zero-order valence-corrected chi connectivity index (χ0v) is 20.5. The van der Waals surface area contributed by atoms with E-state index in [1.165, 1.54) is 0 Å². The Morgan fingerprint density at radius 3 is 2.44 bits per heavy atom. The fraction of sp³-hybridized carbons (Fsp3) is 0.321. The molecule has 0 bridgehead atoms. The average molecular weight is 449 g/mol. The fourth-order valence-electron chi connectivity index (χ4n) is 4.17. The number of aldehydes is 1. The highest BCUT2D eigenvalue weighted by Gasteiger charge is 2.34. The number of hydrogen-bond acceptors (Lipinski definition) is 3. The summed E-state index contributed by atoms with van der Waals surface area (Å²) in [4.78, 5) is 11.8. The molecule has 0 saturated carbocycles. The standard InChI is InChI=1S/C28H33O3P/c1-5-16-28(6-2,32-27-15-12-21(3)17-23(27)19-29)25-18-24(30-4)13-14-26(25)31-20-22-10-8-7-9-11-22/h7-15,17-19,32H,5-6,16,20H2,1-4H3. The van der Waals surface area contributed by atoms with Crippen molar-refractivity contribution >= 4 is 20.2 Å². The van der Waals surface area contributed by atoms with Gasteiger partial charge >= 0.3 is 0 Å². The van der Waals surface area contributed by atoms with Gasteiger partial charge < -0.3 is 9.47 Å².